The standard InChI is InChI=1S/C11H16N2O4.ClH/c1-2-3-4-8(12)7-5-9(13(16)17)11(15)10(14)6-7;/h5-6,8,14-15H,2-4,12H2,1H3;1H/t8-;/m1./s1. The summed E-state index contributed by atoms with van der Waals surface area (Å²) >= 11 is 0. The van der Waals surface area contributed by atoms with Gasteiger partial charge in [-0.2, -0.15) is 0 Å². The highest BCUT2D eigenvalue weighted by atomic mass is 35.5. The van der Waals surface area contributed by atoms with Crippen molar-refractivity contribution in [3.05, 3.63) is 27.8 Å². The van der Waals surface area contributed by atoms with Crippen molar-refractivity contribution >= 4 is 18.1 Å². The Morgan fingerprint density at radius 2 is 2.06 bits per heavy atom. The summed E-state index contributed by atoms with van der Waals surface area (Å²) in [5, 5.41) is 29.4. The number of unbranched alkanes of at least 4 members (excludes halogenated alkanes) is 1. The van der Waals surface area contributed by atoms with Crippen LogP contribution in [0, 0.1) is 10.1 Å². The van der Waals surface area contributed by atoms with Crippen LogP contribution < -0.4 is 5.73 Å². The molecule has 0 unspecified atom stereocenters. The summed E-state index contributed by atoms with van der Waals surface area (Å²) in [5.41, 5.74) is 5.79. The van der Waals surface area contributed by atoms with E-state index in [1.165, 1.54) is 12.1 Å². The van der Waals surface area contributed by atoms with Crippen LogP contribution in [0.15, 0.2) is 12.1 Å². The van der Waals surface area contributed by atoms with Gasteiger partial charge in [-0.3, -0.25) is 10.1 Å². The molecule has 0 heterocycles. The first-order valence-electron chi connectivity index (χ1n) is 5.43. The predicted molar refractivity (Wildman–Crippen MR) is 70.1 cm³/mol. The SMILES string of the molecule is CCCC[C@@H](N)c1cc(O)c(O)c([N+](=O)[O-])c1.Cl. The lowest BCUT2D eigenvalue weighted by atomic mass is 10.0. The lowest BCUT2D eigenvalue weighted by Crippen LogP contribution is -2.10. The maximum absolute atomic E-state index is 10.7. The van der Waals surface area contributed by atoms with Crippen LogP contribution in [-0.2, 0) is 0 Å². The highest BCUT2D eigenvalue weighted by molar-refractivity contribution is 5.85. The van der Waals surface area contributed by atoms with E-state index in [4.69, 9.17) is 5.73 Å². The molecule has 0 saturated heterocycles. The number of phenolic OH excluding ortho intramolecular Hbond substituents is 2. The summed E-state index contributed by atoms with van der Waals surface area (Å²) < 4.78 is 0. The van der Waals surface area contributed by atoms with Gasteiger partial charge in [-0.1, -0.05) is 19.8 Å². The molecular formula is C11H17ClN2O4. The number of rotatable bonds is 5. The molecule has 0 radical (unpaired) electrons. The van der Waals surface area contributed by atoms with E-state index in [1.54, 1.807) is 0 Å². The van der Waals surface area contributed by atoms with Gasteiger partial charge in [0.15, 0.2) is 5.75 Å². The minimum absolute atomic E-state index is 0. The number of nitro groups is 1. The third kappa shape index (κ3) is 3.75. The van der Waals surface area contributed by atoms with Gasteiger partial charge >= 0.3 is 5.69 Å². The molecule has 0 fully saturated rings. The van der Waals surface area contributed by atoms with Crippen molar-refractivity contribution in [1.82, 2.24) is 0 Å². The molecule has 0 aromatic heterocycles. The maximum Gasteiger partial charge on any atom is 0.314 e. The molecule has 1 aromatic carbocycles. The van der Waals surface area contributed by atoms with E-state index in [0.29, 0.717) is 12.0 Å². The topological polar surface area (TPSA) is 110 Å². The number of nitrogens with zero attached hydrogens (tertiary/aromatic N) is 1. The minimum atomic E-state index is -0.745. The number of benzene rings is 1. The zero-order valence-corrected chi connectivity index (χ0v) is 10.8. The van der Waals surface area contributed by atoms with Crippen LogP contribution in [0.2, 0.25) is 0 Å². The fourth-order valence-corrected chi connectivity index (χ4v) is 1.57. The number of nitro benzene ring substituents is 1. The Labute approximate surface area is 111 Å². The molecule has 102 valence electrons. The van der Waals surface area contributed by atoms with Crippen LogP contribution in [0.1, 0.15) is 37.8 Å². The van der Waals surface area contributed by atoms with Gasteiger partial charge in [0.1, 0.15) is 0 Å². The van der Waals surface area contributed by atoms with Crippen LogP contribution in [0.3, 0.4) is 0 Å². The van der Waals surface area contributed by atoms with Gasteiger partial charge in [0.05, 0.1) is 4.92 Å². The molecule has 0 bridgehead atoms. The number of nitrogens with two attached hydrogens (primary N) is 1. The van der Waals surface area contributed by atoms with Crippen LogP contribution in [0.4, 0.5) is 5.69 Å². The van der Waals surface area contributed by atoms with Gasteiger partial charge < -0.3 is 15.9 Å². The average molecular weight is 277 g/mol. The molecule has 4 N–H and O–H groups in total. The summed E-state index contributed by atoms with van der Waals surface area (Å²) in [6, 6.07) is 2.10. The third-order valence-electron chi connectivity index (χ3n) is 2.59. The molecule has 0 aliphatic heterocycles. The van der Waals surface area contributed by atoms with Crippen molar-refractivity contribution in [1.29, 1.82) is 0 Å². The lowest BCUT2D eigenvalue weighted by molar-refractivity contribution is -0.386. The van der Waals surface area contributed by atoms with Crippen molar-refractivity contribution in [3.8, 4) is 11.5 Å². The number of aromatic hydroxyl groups is 2. The second-order valence-electron chi connectivity index (χ2n) is 3.91. The Morgan fingerprint density at radius 1 is 1.44 bits per heavy atom. The first-order valence-corrected chi connectivity index (χ1v) is 5.43. The average Bonchev–Trinajstić information content (AvgIpc) is 2.28. The van der Waals surface area contributed by atoms with E-state index in [-0.39, 0.29) is 18.4 Å². The third-order valence-corrected chi connectivity index (χ3v) is 2.59. The predicted octanol–water partition coefficient (Wildman–Crippen LogP) is 2.62. The number of phenols is 2. The van der Waals surface area contributed by atoms with Crippen LogP contribution in [0.5, 0.6) is 11.5 Å². The van der Waals surface area contributed by atoms with E-state index in [0.717, 1.165) is 12.8 Å². The highest BCUT2D eigenvalue weighted by Gasteiger charge is 2.20. The molecule has 0 saturated carbocycles. The molecule has 6 nitrogen and oxygen atoms in total. The minimum Gasteiger partial charge on any atom is -0.504 e. The highest BCUT2D eigenvalue weighted by Crippen LogP contribution is 2.37. The summed E-state index contributed by atoms with van der Waals surface area (Å²) in [5.74, 6) is -1.23. The normalized spacial score (nSPS) is 11.7. The molecule has 1 rings (SSSR count). The van der Waals surface area contributed by atoms with Crippen molar-refractivity contribution < 1.29 is 15.1 Å². The largest absolute Gasteiger partial charge is 0.504 e. The quantitative estimate of drug-likeness (QED) is 0.435. The summed E-state index contributed by atoms with van der Waals surface area (Å²) in [7, 11) is 0. The van der Waals surface area contributed by atoms with Crippen molar-refractivity contribution in [2.24, 2.45) is 5.73 Å². The fraction of sp³-hybridized carbons (Fsp3) is 0.455. The van der Waals surface area contributed by atoms with Crippen molar-refractivity contribution in [3.63, 3.8) is 0 Å². The molecule has 0 aliphatic carbocycles. The van der Waals surface area contributed by atoms with Gasteiger partial charge in [0.2, 0.25) is 5.75 Å². The van der Waals surface area contributed by atoms with E-state index in [2.05, 4.69) is 0 Å². The van der Waals surface area contributed by atoms with Gasteiger partial charge in [-0.25, -0.2) is 0 Å². The van der Waals surface area contributed by atoms with Gasteiger partial charge in [-0.05, 0) is 18.1 Å². The molecule has 0 amide bonds. The fourth-order valence-electron chi connectivity index (χ4n) is 1.57. The zero-order valence-electron chi connectivity index (χ0n) is 10.00. The molecule has 0 aliphatic rings. The first kappa shape index (κ1) is 16.5. The van der Waals surface area contributed by atoms with Crippen molar-refractivity contribution in [2.75, 3.05) is 0 Å². The summed E-state index contributed by atoms with van der Waals surface area (Å²) in [6.07, 6.45) is 2.55. The Balaban J connectivity index is 0.00000289. The Kier molecular flexibility index (Phi) is 6.43. The van der Waals surface area contributed by atoms with E-state index in [1.807, 2.05) is 6.92 Å². The second-order valence-corrected chi connectivity index (χ2v) is 3.91. The monoisotopic (exact) mass is 276 g/mol. The van der Waals surface area contributed by atoms with Crippen LogP contribution in [-0.4, -0.2) is 15.1 Å². The Bertz CT molecular complexity index is 426. The molecule has 7 heteroatoms. The summed E-state index contributed by atoms with van der Waals surface area (Å²) in [4.78, 5) is 9.91. The smallest absolute Gasteiger partial charge is 0.314 e. The van der Waals surface area contributed by atoms with Gasteiger partial charge in [-0.15, -0.1) is 12.4 Å². The van der Waals surface area contributed by atoms with Crippen LogP contribution >= 0.6 is 12.4 Å². The van der Waals surface area contributed by atoms with E-state index < -0.39 is 22.1 Å². The number of hydrogen-bond acceptors (Lipinski definition) is 5. The lowest BCUT2D eigenvalue weighted by Gasteiger charge is -2.12. The number of hydrogen-bond donors (Lipinski definition) is 3. The molecule has 1 aromatic rings. The molecular weight excluding hydrogens is 260 g/mol. The van der Waals surface area contributed by atoms with Gasteiger partial charge in [0, 0.05) is 12.1 Å². The van der Waals surface area contributed by atoms with E-state index in [9.17, 15) is 20.3 Å². The maximum atomic E-state index is 10.7. The zero-order chi connectivity index (χ0) is 13.0. The number of halogens is 1. The first-order chi connectivity index (χ1) is 7.97. The summed E-state index contributed by atoms with van der Waals surface area (Å²) in [6.45, 7) is 2.02. The van der Waals surface area contributed by atoms with Crippen molar-refractivity contribution in [2.45, 2.75) is 32.2 Å². The molecule has 18 heavy (non-hydrogen) atoms. The van der Waals surface area contributed by atoms with Crippen LogP contribution in [0.25, 0.3) is 0 Å². The Hall–Kier alpha value is -1.53. The second kappa shape index (κ2) is 7.03. The molecule has 1 atom stereocenters. The molecule has 0 spiro atoms. The van der Waals surface area contributed by atoms with E-state index >= 15 is 0 Å². The van der Waals surface area contributed by atoms with Gasteiger partial charge in [0.25, 0.3) is 0 Å². The Morgan fingerprint density at radius 3 is 2.56 bits per heavy atom.